The third kappa shape index (κ3) is 5.85. The average molecular weight is 838 g/mol. The van der Waals surface area contributed by atoms with Crippen LogP contribution in [-0.4, -0.2) is 68.6 Å². The molecule has 4 atom stereocenters. The number of hydrogen-bond donors (Lipinski definition) is 1. The fourth-order valence-electron chi connectivity index (χ4n) is 9.92. The van der Waals surface area contributed by atoms with Gasteiger partial charge in [-0.2, -0.15) is 0 Å². The minimum Gasteiger partial charge on any atom is -0.502 e. The number of rotatable bonds is 10. The summed E-state index contributed by atoms with van der Waals surface area (Å²) in [7, 11) is 7.41. The second-order valence-electron chi connectivity index (χ2n) is 15.6. The zero-order valence-electron chi connectivity index (χ0n) is 34.7. The molecule has 1 saturated carbocycles. The zero-order chi connectivity index (χ0) is 43.6. The lowest BCUT2D eigenvalue weighted by atomic mass is 9.47. The molecule has 0 spiro atoms. The van der Waals surface area contributed by atoms with Crippen molar-refractivity contribution in [2.45, 2.75) is 43.3 Å². The molecule has 0 radical (unpaired) electrons. The van der Waals surface area contributed by atoms with Crippen molar-refractivity contribution in [3.63, 3.8) is 0 Å². The molecule has 15 nitrogen and oxygen atoms in total. The predicted octanol–water partition coefficient (Wildman–Crippen LogP) is 4.50. The maximum atomic E-state index is 15.4. The normalized spacial score (nSPS) is 20.4. The van der Waals surface area contributed by atoms with Gasteiger partial charge in [0.2, 0.25) is 5.75 Å². The molecule has 1 fully saturated rings. The number of phenols is 1. The molecule has 4 aromatic carbocycles. The molecule has 2 aliphatic carbocycles. The number of ether oxygens (including phenoxy) is 4. The zero-order valence-corrected chi connectivity index (χ0v) is 34.7. The number of Topliss-reactive ketones (excluding diaryl/α,β-unsaturated/α-hetero) is 1. The van der Waals surface area contributed by atoms with Crippen LogP contribution in [-0.2, 0) is 41.6 Å². The number of aromatic hydroxyl groups is 1. The van der Waals surface area contributed by atoms with E-state index in [1.54, 1.807) is 55.6 Å². The number of phenolic OH excluding ortho intramolecular Hbond substituents is 1. The predicted molar refractivity (Wildman–Crippen MR) is 228 cm³/mol. The van der Waals surface area contributed by atoms with E-state index in [1.807, 2.05) is 42.5 Å². The maximum absolute atomic E-state index is 15.4. The summed E-state index contributed by atoms with van der Waals surface area (Å²) < 4.78 is 27.4. The van der Waals surface area contributed by atoms with E-state index >= 15 is 9.59 Å². The first-order valence-electron chi connectivity index (χ1n) is 20.1. The van der Waals surface area contributed by atoms with Gasteiger partial charge in [0.05, 0.1) is 57.5 Å². The van der Waals surface area contributed by atoms with Crippen molar-refractivity contribution in [2.24, 2.45) is 13.0 Å². The molecule has 4 unspecified atom stereocenters. The first-order valence-corrected chi connectivity index (χ1v) is 20.1. The lowest BCUT2D eigenvalue weighted by molar-refractivity contribution is -0.133. The van der Waals surface area contributed by atoms with Crippen LogP contribution in [0.25, 0.3) is 16.6 Å². The number of nitrogens with zero attached hydrogens (tertiary/aromatic N) is 5. The van der Waals surface area contributed by atoms with Gasteiger partial charge in [0.1, 0.15) is 5.69 Å². The Hall–Kier alpha value is -7.42. The van der Waals surface area contributed by atoms with E-state index in [0.29, 0.717) is 44.8 Å². The van der Waals surface area contributed by atoms with Gasteiger partial charge in [0, 0.05) is 49.6 Å². The van der Waals surface area contributed by atoms with E-state index in [4.69, 9.17) is 18.9 Å². The van der Waals surface area contributed by atoms with Crippen LogP contribution in [0.15, 0.2) is 117 Å². The number of benzene rings is 4. The number of methoxy groups -OCH3 is 4. The number of aryl methyl sites for hydroxylation is 2. The van der Waals surface area contributed by atoms with E-state index in [0.717, 1.165) is 4.57 Å². The second-order valence-corrected chi connectivity index (χ2v) is 15.6. The van der Waals surface area contributed by atoms with Gasteiger partial charge in [-0.05, 0) is 46.9 Å². The fourth-order valence-corrected chi connectivity index (χ4v) is 9.92. The lowest BCUT2D eigenvalue weighted by Gasteiger charge is -2.54. The molecular weight excluding hydrogens is 795 g/mol. The molecule has 1 N–H and O–H groups in total. The van der Waals surface area contributed by atoms with Crippen LogP contribution in [0.4, 0.5) is 0 Å². The quantitative estimate of drug-likeness (QED) is 0.193. The third-order valence-electron chi connectivity index (χ3n) is 12.8. The summed E-state index contributed by atoms with van der Waals surface area (Å²) in [6.45, 7) is -0.199. The Balaban J connectivity index is 1.21. The molecule has 2 aromatic heterocycles. The summed E-state index contributed by atoms with van der Waals surface area (Å²) in [5, 5.41) is 11.1. The highest BCUT2D eigenvalue weighted by molar-refractivity contribution is 6.31. The summed E-state index contributed by atoms with van der Waals surface area (Å²) in [6, 6.07) is 23.8. The number of carbonyl (C=O) groups is 2. The highest BCUT2D eigenvalue weighted by atomic mass is 16.5. The molecule has 3 aliphatic rings. The SMILES string of the molecule is COc1cc2nc(CCn3c(=O)n4n(c3=O)C3CC5C(=O)C(c6ccccc6)=CC(=O)C5(c5ccccc5)C(c5cc(OC)c(O)c(OC)c5)C3=CC4)c(=O)n(C)c2cc1OC. The molecule has 0 amide bonds. The van der Waals surface area contributed by atoms with Gasteiger partial charge in [-0.25, -0.2) is 28.5 Å². The maximum Gasteiger partial charge on any atom is 0.347 e. The molecule has 62 heavy (non-hydrogen) atoms. The van der Waals surface area contributed by atoms with Crippen molar-refractivity contribution < 1.29 is 33.6 Å². The van der Waals surface area contributed by atoms with E-state index in [2.05, 4.69) is 4.98 Å². The second kappa shape index (κ2) is 15.2. The summed E-state index contributed by atoms with van der Waals surface area (Å²) in [5.74, 6) is -1.78. The number of ketones is 2. The van der Waals surface area contributed by atoms with E-state index in [-0.39, 0.29) is 66.0 Å². The van der Waals surface area contributed by atoms with Crippen LogP contribution in [0, 0.1) is 5.92 Å². The van der Waals surface area contributed by atoms with E-state index < -0.39 is 40.2 Å². The van der Waals surface area contributed by atoms with Crippen molar-refractivity contribution in [2.75, 3.05) is 28.4 Å². The summed E-state index contributed by atoms with van der Waals surface area (Å²) in [5.41, 5.74) is 0.471. The van der Waals surface area contributed by atoms with Crippen LogP contribution >= 0.6 is 0 Å². The standard InChI is InChI=1S/C47H43N5O10/c1-49-35-25-37(60-3)36(59-2)24-33(35)48-32(44(49)56)17-18-50-45(57)51-19-16-29-34(52(51)46(50)58)23-31-42(54)30(26-12-8-6-9-13-26)22-40(53)47(31,28-14-10-7-11-15-28)41(29)27-20-38(61-4)43(55)39(21-27)62-5/h6-16,20-22,24-25,31,34,41,55H,17-19,23H2,1-5H3. The Morgan fingerprint density at radius 1 is 0.790 bits per heavy atom. The van der Waals surface area contributed by atoms with Gasteiger partial charge in [0.15, 0.2) is 34.6 Å². The van der Waals surface area contributed by atoms with Crippen molar-refractivity contribution >= 4 is 28.2 Å². The summed E-state index contributed by atoms with van der Waals surface area (Å²) in [4.78, 5) is 77.9. The highest BCUT2D eigenvalue weighted by Crippen LogP contribution is 2.62. The van der Waals surface area contributed by atoms with Crippen molar-refractivity contribution in [1.29, 1.82) is 0 Å². The average Bonchev–Trinajstić information content (AvgIpc) is 3.55. The molecule has 0 bridgehead atoms. The Morgan fingerprint density at radius 2 is 1.42 bits per heavy atom. The number of aromatic nitrogens is 5. The number of fused-ring (bicyclic) bond motifs is 5. The van der Waals surface area contributed by atoms with Gasteiger partial charge in [0.25, 0.3) is 5.56 Å². The van der Waals surface area contributed by atoms with Crippen LogP contribution in [0.3, 0.4) is 0 Å². The fraction of sp³-hybridized carbons (Fsp3) is 0.277. The molecule has 0 saturated heterocycles. The lowest BCUT2D eigenvalue weighted by Crippen LogP contribution is -2.58. The van der Waals surface area contributed by atoms with Crippen LogP contribution < -0.4 is 35.9 Å². The molecule has 6 aromatic rings. The number of allylic oxidation sites excluding steroid dienone is 4. The van der Waals surface area contributed by atoms with Crippen LogP contribution in [0.1, 0.15) is 40.8 Å². The first-order chi connectivity index (χ1) is 30.0. The minimum atomic E-state index is -1.53. The van der Waals surface area contributed by atoms with Crippen molar-refractivity contribution in [3.8, 4) is 28.7 Å². The van der Waals surface area contributed by atoms with Gasteiger partial charge >= 0.3 is 11.4 Å². The molecule has 9 rings (SSSR count). The van der Waals surface area contributed by atoms with E-state index in [9.17, 15) is 19.5 Å². The molecule has 15 heteroatoms. The topological polar surface area (TPSA) is 175 Å². The van der Waals surface area contributed by atoms with Crippen molar-refractivity contribution in [3.05, 3.63) is 156 Å². The van der Waals surface area contributed by atoms with Gasteiger partial charge < -0.3 is 28.6 Å². The Kier molecular flexibility index (Phi) is 9.84. The molecular formula is C47H43N5O10. The number of hydrogen-bond acceptors (Lipinski definition) is 11. The minimum absolute atomic E-state index is 0.000242. The van der Waals surface area contributed by atoms with Crippen molar-refractivity contribution in [1.82, 2.24) is 23.5 Å². The molecule has 316 valence electrons. The smallest absolute Gasteiger partial charge is 0.347 e. The summed E-state index contributed by atoms with van der Waals surface area (Å²) >= 11 is 0. The Morgan fingerprint density at radius 3 is 2.06 bits per heavy atom. The highest BCUT2D eigenvalue weighted by Gasteiger charge is 2.63. The molecule has 1 aliphatic heterocycles. The van der Waals surface area contributed by atoms with Crippen LogP contribution in [0.5, 0.6) is 28.7 Å². The molecule has 3 heterocycles. The Labute approximate surface area is 354 Å². The first kappa shape index (κ1) is 40.0. The van der Waals surface area contributed by atoms with Gasteiger partial charge in [-0.15, -0.1) is 0 Å². The Bertz CT molecular complexity index is 3040. The number of carbonyl (C=O) groups excluding carboxylic acids is 2. The van der Waals surface area contributed by atoms with Gasteiger partial charge in [-0.1, -0.05) is 66.7 Å². The van der Waals surface area contributed by atoms with Gasteiger partial charge in [-0.3, -0.25) is 14.4 Å². The van der Waals surface area contributed by atoms with Crippen LogP contribution in [0.2, 0.25) is 0 Å². The third-order valence-corrected chi connectivity index (χ3v) is 12.8. The monoisotopic (exact) mass is 837 g/mol. The largest absolute Gasteiger partial charge is 0.502 e. The summed E-state index contributed by atoms with van der Waals surface area (Å²) in [6.07, 6.45) is 3.24. The van der Waals surface area contributed by atoms with E-state index in [1.165, 1.54) is 48.4 Å².